The first-order chi connectivity index (χ1) is 5.75. The fourth-order valence-electron chi connectivity index (χ4n) is 1.25. The average Bonchev–Trinajstić information content (AvgIpc) is 2.55. The van der Waals surface area contributed by atoms with Crippen LogP contribution in [0.25, 0.3) is 0 Å². The number of hydrogen-bond donors (Lipinski definition) is 1. The second kappa shape index (κ2) is 4.21. The number of nitrogens with one attached hydrogen (secondary N) is 1. The van der Waals surface area contributed by atoms with Gasteiger partial charge in [-0.05, 0) is 26.3 Å². The van der Waals surface area contributed by atoms with Crippen molar-refractivity contribution in [3.05, 3.63) is 0 Å². The maximum absolute atomic E-state index is 11.2. The molecule has 1 aliphatic heterocycles. The molecule has 0 aromatic heterocycles. The van der Waals surface area contributed by atoms with Gasteiger partial charge in [0.1, 0.15) is 0 Å². The Hall–Kier alpha value is -0.900. The number of esters is 1. The molecule has 4 heteroatoms. The molecule has 1 atom stereocenters. The van der Waals surface area contributed by atoms with E-state index in [0.29, 0.717) is 0 Å². The smallest absolute Gasteiger partial charge is 0.376 e. The van der Waals surface area contributed by atoms with Crippen molar-refractivity contribution in [2.75, 3.05) is 13.2 Å². The second-order valence-electron chi connectivity index (χ2n) is 2.73. The Morgan fingerprint density at radius 1 is 1.58 bits per heavy atom. The van der Waals surface area contributed by atoms with Crippen molar-refractivity contribution in [1.82, 2.24) is 5.32 Å². The number of Topliss-reactive ketones (excluding diaryl/α,β-unsaturated/α-hetero) is 1. The van der Waals surface area contributed by atoms with Crippen molar-refractivity contribution >= 4 is 11.8 Å². The predicted octanol–water partition coefficient (Wildman–Crippen LogP) is -0.129. The molecule has 1 heterocycles. The lowest BCUT2D eigenvalue weighted by Crippen LogP contribution is -2.36. The maximum atomic E-state index is 11.2. The summed E-state index contributed by atoms with van der Waals surface area (Å²) in [5.74, 6) is -1.15. The highest BCUT2D eigenvalue weighted by molar-refractivity contribution is 6.35. The fraction of sp³-hybridized carbons (Fsp3) is 0.750. The van der Waals surface area contributed by atoms with Crippen LogP contribution in [0.2, 0.25) is 0 Å². The first kappa shape index (κ1) is 9.19. The van der Waals surface area contributed by atoms with Gasteiger partial charge in [-0.15, -0.1) is 0 Å². The molecule has 1 rings (SSSR count). The number of hydrogen-bond acceptors (Lipinski definition) is 4. The van der Waals surface area contributed by atoms with Crippen LogP contribution in [0.3, 0.4) is 0 Å². The molecule has 0 aromatic rings. The summed E-state index contributed by atoms with van der Waals surface area (Å²) in [6.45, 7) is 2.76. The van der Waals surface area contributed by atoms with Gasteiger partial charge in [-0.1, -0.05) is 0 Å². The molecular formula is C8H13NO3. The van der Waals surface area contributed by atoms with E-state index >= 15 is 0 Å². The van der Waals surface area contributed by atoms with Gasteiger partial charge in [-0.2, -0.15) is 0 Å². The van der Waals surface area contributed by atoms with Crippen LogP contribution in [0, 0.1) is 0 Å². The minimum Gasteiger partial charge on any atom is -0.460 e. The molecule has 0 aromatic carbocycles. The molecule has 0 saturated carbocycles. The van der Waals surface area contributed by atoms with Gasteiger partial charge in [0.05, 0.1) is 12.6 Å². The number of carbonyl (C=O) groups excluding carboxylic acids is 2. The van der Waals surface area contributed by atoms with Crippen LogP contribution < -0.4 is 5.32 Å². The summed E-state index contributed by atoms with van der Waals surface area (Å²) in [4.78, 5) is 22.1. The zero-order valence-electron chi connectivity index (χ0n) is 7.13. The van der Waals surface area contributed by atoms with E-state index in [1.807, 2.05) is 0 Å². The van der Waals surface area contributed by atoms with E-state index in [-0.39, 0.29) is 12.6 Å². The summed E-state index contributed by atoms with van der Waals surface area (Å²) >= 11 is 0. The molecule has 1 N–H and O–H groups in total. The Morgan fingerprint density at radius 3 is 2.83 bits per heavy atom. The quantitative estimate of drug-likeness (QED) is 0.474. The standard InChI is InChI=1S/C8H13NO3/c1-2-12-8(11)7(10)6-4-3-5-9-6/h6,9H,2-5H2,1H3. The van der Waals surface area contributed by atoms with Crippen molar-refractivity contribution in [3.63, 3.8) is 0 Å². The van der Waals surface area contributed by atoms with Gasteiger partial charge >= 0.3 is 5.97 Å². The summed E-state index contributed by atoms with van der Waals surface area (Å²) in [6, 6.07) is -0.302. The highest BCUT2D eigenvalue weighted by Crippen LogP contribution is 2.06. The van der Waals surface area contributed by atoms with E-state index in [1.54, 1.807) is 6.92 Å². The molecule has 0 spiro atoms. The van der Waals surface area contributed by atoms with E-state index < -0.39 is 11.8 Å². The maximum Gasteiger partial charge on any atom is 0.376 e. The van der Waals surface area contributed by atoms with Gasteiger partial charge in [0, 0.05) is 0 Å². The molecule has 0 aliphatic carbocycles. The van der Waals surface area contributed by atoms with E-state index in [9.17, 15) is 9.59 Å². The van der Waals surface area contributed by atoms with Crippen LogP contribution in [0.15, 0.2) is 0 Å². The van der Waals surface area contributed by atoms with Crippen molar-refractivity contribution in [3.8, 4) is 0 Å². The number of ether oxygens (including phenoxy) is 1. The largest absolute Gasteiger partial charge is 0.460 e. The van der Waals surface area contributed by atoms with Crippen LogP contribution in [0.5, 0.6) is 0 Å². The molecule has 1 unspecified atom stereocenters. The summed E-state index contributed by atoms with van der Waals surface area (Å²) < 4.78 is 4.59. The molecule has 4 nitrogen and oxygen atoms in total. The molecule has 1 fully saturated rings. The first-order valence-corrected chi connectivity index (χ1v) is 4.20. The molecule has 0 radical (unpaired) electrons. The van der Waals surface area contributed by atoms with E-state index in [2.05, 4.69) is 10.1 Å². The van der Waals surface area contributed by atoms with Crippen molar-refractivity contribution in [1.29, 1.82) is 0 Å². The van der Waals surface area contributed by atoms with Crippen molar-refractivity contribution in [2.24, 2.45) is 0 Å². The Balaban J connectivity index is 2.40. The van der Waals surface area contributed by atoms with Crippen LogP contribution in [-0.4, -0.2) is 30.9 Å². The Kier molecular flexibility index (Phi) is 3.22. The van der Waals surface area contributed by atoms with Gasteiger partial charge in [-0.25, -0.2) is 4.79 Å². The van der Waals surface area contributed by atoms with Crippen molar-refractivity contribution < 1.29 is 14.3 Å². The lowest BCUT2D eigenvalue weighted by Gasteiger charge is -2.06. The summed E-state index contributed by atoms with van der Waals surface area (Å²) in [7, 11) is 0. The Labute approximate surface area is 71.3 Å². The predicted molar refractivity (Wildman–Crippen MR) is 42.7 cm³/mol. The molecule has 68 valence electrons. The normalized spacial score (nSPS) is 22.2. The van der Waals surface area contributed by atoms with Gasteiger partial charge in [0.25, 0.3) is 5.78 Å². The van der Waals surface area contributed by atoms with Crippen LogP contribution >= 0.6 is 0 Å². The Morgan fingerprint density at radius 2 is 2.33 bits per heavy atom. The molecule has 0 bridgehead atoms. The van der Waals surface area contributed by atoms with Crippen LogP contribution in [0.1, 0.15) is 19.8 Å². The number of rotatable bonds is 3. The number of carbonyl (C=O) groups is 2. The first-order valence-electron chi connectivity index (χ1n) is 4.20. The van der Waals surface area contributed by atoms with E-state index in [4.69, 9.17) is 0 Å². The minimum absolute atomic E-state index is 0.261. The van der Waals surface area contributed by atoms with E-state index in [0.717, 1.165) is 19.4 Å². The molecule has 0 amide bonds. The second-order valence-corrected chi connectivity index (χ2v) is 2.73. The van der Waals surface area contributed by atoms with Crippen LogP contribution in [-0.2, 0) is 14.3 Å². The molecule has 1 aliphatic rings. The zero-order chi connectivity index (χ0) is 8.97. The zero-order valence-corrected chi connectivity index (χ0v) is 7.13. The summed E-state index contributed by atoms with van der Waals surface area (Å²) in [5, 5.41) is 2.95. The van der Waals surface area contributed by atoms with Gasteiger partial charge in [-0.3, -0.25) is 4.79 Å². The third kappa shape index (κ3) is 2.04. The average molecular weight is 171 g/mol. The molecule has 1 saturated heterocycles. The SMILES string of the molecule is CCOC(=O)C(=O)C1CCCN1. The van der Waals surface area contributed by atoms with E-state index in [1.165, 1.54) is 0 Å². The Bertz CT molecular complexity index is 185. The number of ketones is 1. The summed E-state index contributed by atoms with van der Waals surface area (Å²) in [5.41, 5.74) is 0. The highest BCUT2D eigenvalue weighted by atomic mass is 16.5. The van der Waals surface area contributed by atoms with Gasteiger partial charge in [0.15, 0.2) is 0 Å². The lowest BCUT2D eigenvalue weighted by atomic mass is 10.1. The third-order valence-electron chi connectivity index (χ3n) is 1.85. The third-order valence-corrected chi connectivity index (χ3v) is 1.85. The van der Waals surface area contributed by atoms with Crippen molar-refractivity contribution in [2.45, 2.75) is 25.8 Å². The van der Waals surface area contributed by atoms with Crippen LogP contribution in [0.4, 0.5) is 0 Å². The molecule has 12 heavy (non-hydrogen) atoms. The minimum atomic E-state index is -0.711. The highest BCUT2D eigenvalue weighted by Gasteiger charge is 2.28. The lowest BCUT2D eigenvalue weighted by molar-refractivity contribution is -0.154. The fourth-order valence-corrected chi connectivity index (χ4v) is 1.25. The van der Waals surface area contributed by atoms with Gasteiger partial charge in [0.2, 0.25) is 0 Å². The molecular weight excluding hydrogens is 158 g/mol. The summed E-state index contributed by atoms with van der Waals surface area (Å²) in [6.07, 6.45) is 1.70. The van der Waals surface area contributed by atoms with Gasteiger partial charge < -0.3 is 10.1 Å². The topological polar surface area (TPSA) is 55.4 Å². The monoisotopic (exact) mass is 171 g/mol.